The van der Waals surface area contributed by atoms with E-state index in [-0.39, 0.29) is 16.7 Å². The van der Waals surface area contributed by atoms with E-state index >= 15 is 0 Å². The van der Waals surface area contributed by atoms with Crippen molar-refractivity contribution in [1.82, 2.24) is 14.4 Å². The van der Waals surface area contributed by atoms with Crippen LogP contribution in [-0.4, -0.2) is 82.9 Å². The van der Waals surface area contributed by atoms with Gasteiger partial charge in [0.05, 0.1) is 17.7 Å². The number of aromatic carboxylic acids is 2. The third-order valence-corrected chi connectivity index (χ3v) is 6.49. The minimum absolute atomic E-state index is 0.00241. The maximum Gasteiger partial charge on any atom is 0.335 e. The molecule has 0 spiro atoms. The van der Waals surface area contributed by atoms with Gasteiger partial charge in [-0.2, -0.15) is 0 Å². The molecule has 0 aliphatic carbocycles. The number of ether oxygens (including phenoxy) is 1. The molecule has 3 aromatic rings. The summed E-state index contributed by atoms with van der Waals surface area (Å²) >= 11 is 0. The molecular formula is C30H37N3O6. The lowest BCUT2D eigenvalue weighted by molar-refractivity contribution is 0.0696. The Balaban J connectivity index is 0.000000272. The van der Waals surface area contributed by atoms with E-state index in [0.717, 1.165) is 30.5 Å². The van der Waals surface area contributed by atoms with Gasteiger partial charge in [-0.05, 0) is 93.9 Å². The van der Waals surface area contributed by atoms with Crippen molar-refractivity contribution in [3.05, 3.63) is 93.9 Å². The summed E-state index contributed by atoms with van der Waals surface area (Å²) < 4.78 is 7.45. The van der Waals surface area contributed by atoms with Gasteiger partial charge < -0.3 is 24.7 Å². The molecule has 9 nitrogen and oxygen atoms in total. The SMILES string of the molecule is CN1CCN(CCCCCOc2ccc(-n3ccccc3=O)cc2)CC1.Cc1cc(C(=O)O)cc(C(=O)O)c1. The Hall–Kier alpha value is -3.95. The number of likely N-dealkylation sites (N-methyl/N-ethyl adjacent to an activating group) is 1. The summed E-state index contributed by atoms with van der Waals surface area (Å²) in [6, 6.07) is 16.9. The summed E-state index contributed by atoms with van der Waals surface area (Å²) in [5.74, 6) is -1.38. The molecule has 0 unspecified atom stereocenters. The molecule has 4 rings (SSSR count). The molecule has 0 radical (unpaired) electrons. The van der Waals surface area contributed by atoms with Gasteiger partial charge in [0.25, 0.3) is 5.56 Å². The van der Waals surface area contributed by atoms with Crippen LogP contribution in [0.4, 0.5) is 0 Å². The molecule has 2 aromatic carbocycles. The highest BCUT2D eigenvalue weighted by atomic mass is 16.5. The Bertz CT molecular complexity index is 1250. The molecule has 0 atom stereocenters. The van der Waals surface area contributed by atoms with Crippen molar-refractivity contribution in [2.75, 3.05) is 46.4 Å². The van der Waals surface area contributed by atoms with Crippen LogP contribution in [0.3, 0.4) is 0 Å². The fourth-order valence-electron chi connectivity index (χ4n) is 4.25. The summed E-state index contributed by atoms with van der Waals surface area (Å²) in [5, 5.41) is 17.2. The number of aromatic nitrogens is 1. The number of benzene rings is 2. The number of carboxylic acid groups (broad SMARTS) is 2. The number of unbranched alkanes of at least 4 members (excludes halogenated alkanes) is 2. The molecule has 2 N–H and O–H groups in total. The van der Waals surface area contributed by atoms with Gasteiger partial charge in [0, 0.05) is 44.1 Å². The Morgan fingerprint density at radius 2 is 1.49 bits per heavy atom. The fraction of sp³-hybridized carbons (Fsp3) is 0.367. The zero-order valence-electron chi connectivity index (χ0n) is 22.6. The molecule has 208 valence electrons. The van der Waals surface area contributed by atoms with Crippen LogP contribution in [0.5, 0.6) is 5.75 Å². The van der Waals surface area contributed by atoms with Crippen LogP contribution in [0.25, 0.3) is 5.69 Å². The van der Waals surface area contributed by atoms with Crippen molar-refractivity contribution in [3.63, 3.8) is 0 Å². The topological polar surface area (TPSA) is 112 Å². The molecular weight excluding hydrogens is 498 g/mol. The van der Waals surface area contributed by atoms with Gasteiger partial charge >= 0.3 is 11.9 Å². The lowest BCUT2D eigenvalue weighted by atomic mass is 10.1. The zero-order valence-corrected chi connectivity index (χ0v) is 22.6. The minimum Gasteiger partial charge on any atom is -0.494 e. The van der Waals surface area contributed by atoms with E-state index < -0.39 is 11.9 Å². The van der Waals surface area contributed by atoms with E-state index in [0.29, 0.717) is 5.56 Å². The second kappa shape index (κ2) is 14.8. The average Bonchev–Trinajstić information content (AvgIpc) is 2.92. The van der Waals surface area contributed by atoms with Crippen molar-refractivity contribution >= 4 is 11.9 Å². The van der Waals surface area contributed by atoms with Gasteiger partial charge in [-0.15, -0.1) is 0 Å². The maximum absolute atomic E-state index is 11.8. The number of aryl methyl sites for hydroxylation is 1. The van der Waals surface area contributed by atoms with Crippen LogP contribution in [0.2, 0.25) is 0 Å². The summed E-state index contributed by atoms with van der Waals surface area (Å²) in [5.41, 5.74) is 1.45. The number of hydrogen-bond donors (Lipinski definition) is 2. The summed E-state index contributed by atoms with van der Waals surface area (Å²) in [4.78, 5) is 37.9. The lowest BCUT2D eigenvalue weighted by Gasteiger charge is -2.32. The maximum atomic E-state index is 11.8. The first-order valence-corrected chi connectivity index (χ1v) is 13.1. The van der Waals surface area contributed by atoms with Crippen molar-refractivity contribution in [2.45, 2.75) is 26.2 Å². The number of carbonyl (C=O) groups is 2. The molecule has 2 heterocycles. The van der Waals surface area contributed by atoms with E-state index in [1.54, 1.807) is 29.8 Å². The van der Waals surface area contributed by atoms with Gasteiger partial charge in [0.2, 0.25) is 0 Å². The first-order chi connectivity index (χ1) is 18.7. The fourth-order valence-corrected chi connectivity index (χ4v) is 4.25. The summed E-state index contributed by atoms with van der Waals surface area (Å²) in [6.45, 7) is 8.37. The van der Waals surface area contributed by atoms with E-state index in [1.807, 2.05) is 30.3 Å². The lowest BCUT2D eigenvalue weighted by Crippen LogP contribution is -2.44. The van der Waals surface area contributed by atoms with Crippen molar-refractivity contribution in [2.24, 2.45) is 0 Å². The number of carboxylic acids is 2. The molecule has 0 bridgehead atoms. The third-order valence-electron chi connectivity index (χ3n) is 6.49. The Morgan fingerprint density at radius 1 is 0.846 bits per heavy atom. The van der Waals surface area contributed by atoms with E-state index in [1.165, 1.54) is 57.7 Å². The average molecular weight is 536 g/mol. The molecule has 1 aromatic heterocycles. The predicted octanol–water partition coefficient (Wildman–Crippen LogP) is 4.03. The molecule has 1 fully saturated rings. The van der Waals surface area contributed by atoms with Crippen LogP contribution in [0.1, 0.15) is 45.5 Å². The quantitative estimate of drug-likeness (QED) is 0.375. The van der Waals surface area contributed by atoms with Gasteiger partial charge in [-0.3, -0.25) is 9.36 Å². The number of hydrogen-bond acceptors (Lipinski definition) is 6. The van der Waals surface area contributed by atoms with Gasteiger partial charge in [-0.1, -0.05) is 6.07 Å². The van der Waals surface area contributed by atoms with Gasteiger partial charge in [0.15, 0.2) is 0 Å². The Labute approximate surface area is 228 Å². The van der Waals surface area contributed by atoms with Gasteiger partial charge in [-0.25, -0.2) is 9.59 Å². The molecule has 1 saturated heterocycles. The molecule has 9 heteroatoms. The second-order valence-electron chi connectivity index (χ2n) is 9.65. The van der Waals surface area contributed by atoms with Gasteiger partial charge in [0.1, 0.15) is 5.75 Å². The smallest absolute Gasteiger partial charge is 0.335 e. The molecule has 0 saturated carbocycles. The third kappa shape index (κ3) is 9.70. The van der Waals surface area contributed by atoms with E-state index in [4.69, 9.17) is 14.9 Å². The Kier molecular flexibility index (Phi) is 11.3. The highest BCUT2D eigenvalue weighted by Gasteiger charge is 2.12. The van der Waals surface area contributed by atoms with Crippen LogP contribution in [-0.2, 0) is 0 Å². The monoisotopic (exact) mass is 535 g/mol. The molecule has 1 aliphatic rings. The molecule has 1 aliphatic heterocycles. The number of pyridine rings is 1. The number of piperazine rings is 1. The summed E-state index contributed by atoms with van der Waals surface area (Å²) in [6.07, 6.45) is 5.29. The highest BCUT2D eigenvalue weighted by Crippen LogP contribution is 2.15. The van der Waals surface area contributed by atoms with Crippen molar-refractivity contribution in [1.29, 1.82) is 0 Å². The largest absolute Gasteiger partial charge is 0.494 e. The van der Waals surface area contributed by atoms with Crippen LogP contribution in [0.15, 0.2) is 71.7 Å². The number of nitrogens with zero attached hydrogens (tertiary/aromatic N) is 3. The van der Waals surface area contributed by atoms with Crippen molar-refractivity contribution in [3.8, 4) is 11.4 Å². The normalized spacial score (nSPS) is 13.8. The molecule has 0 amide bonds. The van der Waals surface area contributed by atoms with Crippen LogP contribution < -0.4 is 10.3 Å². The van der Waals surface area contributed by atoms with E-state index in [9.17, 15) is 14.4 Å². The Morgan fingerprint density at radius 3 is 2.08 bits per heavy atom. The van der Waals surface area contributed by atoms with Crippen LogP contribution >= 0.6 is 0 Å². The van der Waals surface area contributed by atoms with E-state index in [2.05, 4.69) is 16.8 Å². The van der Waals surface area contributed by atoms with Crippen LogP contribution in [0, 0.1) is 6.92 Å². The predicted molar refractivity (Wildman–Crippen MR) is 150 cm³/mol. The van der Waals surface area contributed by atoms with Crippen molar-refractivity contribution < 1.29 is 24.5 Å². The first-order valence-electron chi connectivity index (χ1n) is 13.1. The minimum atomic E-state index is -1.12. The second-order valence-corrected chi connectivity index (χ2v) is 9.65. The number of rotatable bonds is 10. The zero-order chi connectivity index (χ0) is 28.2. The summed E-state index contributed by atoms with van der Waals surface area (Å²) in [7, 11) is 2.19. The first kappa shape index (κ1) is 29.6. The molecule has 39 heavy (non-hydrogen) atoms. The highest BCUT2D eigenvalue weighted by molar-refractivity contribution is 5.94. The standard InChI is InChI=1S/C21H29N3O2.C9H8O4/c1-22-14-16-23(17-15-22)12-4-2-6-18-26-20-10-8-19(9-11-20)24-13-5-3-7-21(24)25;1-5-2-6(8(10)11)4-7(3-5)9(12)13/h3,5,7-11,13H,2,4,6,12,14-18H2,1H3;2-4H,1H3,(H,10,11)(H,12,13).